The number of carbonyl (C=O) groups is 1. The molecule has 0 aliphatic carbocycles. The molecule has 1 unspecified atom stereocenters. The molecule has 6 nitrogen and oxygen atoms in total. The van der Waals surface area contributed by atoms with E-state index in [9.17, 15) is 13.6 Å². The van der Waals surface area contributed by atoms with Gasteiger partial charge in [-0.15, -0.1) is 0 Å². The van der Waals surface area contributed by atoms with Gasteiger partial charge in [0.25, 0.3) is 12.3 Å². The maximum absolute atomic E-state index is 12.7. The third kappa shape index (κ3) is 4.40. The summed E-state index contributed by atoms with van der Waals surface area (Å²) in [6, 6.07) is 8.45. The third-order valence-electron chi connectivity index (χ3n) is 3.70. The minimum atomic E-state index is -2.63. The average molecular weight is 349 g/mol. The molecule has 1 saturated heterocycles. The molecule has 3 rings (SSSR count). The fourth-order valence-corrected chi connectivity index (χ4v) is 2.58. The number of carbonyl (C=O) groups excluding carboxylic acids is 1. The molecule has 132 valence electrons. The van der Waals surface area contributed by atoms with E-state index in [1.807, 2.05) is 6.07 Å². The number of amides is 1. The van der Waals surface area contributed by atoms with Crippen molar-refractivity contribution in [2.45, 2.75) is 19.0 Å². The number of rotatable bonds is 6. The van der Waals surface area contributed by atoms with Crippen molar-refractivity contribution in [2.75, 3.05) is 19.7 Å². The molecule has 0 aromatic carbocycles. The molecule has 3 heterocycles. The minimum Gasteiger partial charge on any atom is -0.472 e. The SMILES string of the molecule is O=C(c1cccnc1OCC(F)F)N1CCC(Oc2ccccn2)C1. The van der Waals surface area contributed by atoms with E-state index in [4.69, 9.17) is 9.47 Å². The molecule has 8 heteroatoms. The first-order valence-corrected chi connectivity index (χ1v) is 7.86. The minimum absolute atomic E-state index is 0.0816. The lowest BCUT2D eigenvalue weighted by atomic mass is 10.2. The van der Waals surface area contributed by atoms with Gasteiger partial charge in [0.2, 0.25) is 11.8 Å². The zero-order valence-electron chi connectivity index (χ0n) is 13.3. The number of hydrogen-bond donors (Lipinski definition) is 0. The van der Waals surface area contributed by atoms with Gasteiger partial charge in [0.05, 0.1) is 6.54 Å². The fraction of sp³-hybridized carbons (Fsp3) is 0.353. The summed E-state index contributed by atoms with van der Waals surface area (Å²) >= 11 is 0. The summed E-state index contributed by atoms with van der Waals surface area (Å²) in [7, 11) is 0. The van der Waals surface area contributed by atoms with Gasteiger partial charge in [0.15, 0.2) is 6.61 Å². The van der Waals surface area contributed by atoms with E-state index >= 15 is 0 Å². The summed E-state index contributed by atoms with van der Waals surface area (Å²) in [4.78, 5) is 22.2. The van der Waals surface area contributed by atoms with Crippen molar-refractivity contribution in [1.29, 1.82) is 0 Å². The van der Waals surface area contributed by atoms with E-state index in [0.29, 0.717) is 25.4 Å². The van der Waals surface area contributed by atoms with Crippen molar-refractivity contribution in [3.05, 3.63) is 48.3 Å². The van der Waals surface area contributed by atoms with Crippen molar-refractivity contribution in [3.63, 3.8) is 0 Å². The van der Waals surface area contributed by atoms with E-state index in [2.05, 4.69) is 9.97 Å². The van der Waals surface area contributed by atoms with Gasteiger partial charge in [-0.05, 0) is 18.2 Å². The van der Waals surface area contributed by atoms with Crippen LogP contribution in [0.5, 0.6) is 11.8 Å². The highest BCUT2D eigenvalue weighted by Crippen LogP contribution is 2.22. The lowest BCUT2D eigenvalue weighted by molar-refractivity contribution is 0.0712. The summed E-state index contributed by atoms with van der Waals surface area (Å²) in [5.41, 5.74) is 0.168. The summed E-state index contributed by atoms with van der Waals surface area (Å²) in [5, 5.41) is 0. The molecule has 0 saturated carbocycles. The van der Waals surface area contributed by atoms with Crippen molar-refractivity contribution in [2.24, 2.45) is 0 Å². The van der Waals surface area contributed by atoms with Crippen LogP contribution in [0.2, 0.25) is 0 Å². The Morgan fingerprint density at radius 1 is 1.24 bits per heavy atom. The molecule has 0 bridgehead atoms. The molecule has 25 heavy (non-hydrogen) atoms. The number of alkyl halides is 2. The van der Waals surface area contributed by atoms with Crippen molar-refractivity contribution < 1.29 is 23.0 Å². The Balaban J connectivity index is 1.64. The van der Waals surface area contributed by atoms with Crippen LogP contribution in [0.25, 0.3) is 0 Å². The van der Waals surface area contributed by atoms with Gasteiger partial charge in [-0.2, -0.15) is 0 Å². The zero-order valence-corrected chi connectivity index (χ0v) is 13.3. The highest BCUT2D eigenvalue weighted by atomic mass is 19.3. The maximum Gasteiger partial charge on any atom is 0.272 e. The molecule has 0 radical (unpaired) electrons. The number of aromatic nitrogens is 2. The first-order chi connectivity index (χ1) is 12.1. The third-order valence-corrected chi connectivity index (χ3v) is 3.70. The first kappa shape index (κ1) is 17.1. The van der Waals surface area contributed by atoms with Crippen LogP contribution < -0.4 is 9.47 Å². The average Bonchev–Trinajstić information content (AvgIpc) is 3.09. The van der Waals surface area contributed by atoms with Gasteiger partial charge < -0.3 is 14.4 Å². The molecular formula is C17H17F2N3O3. The monoisotopic (exact) mass is 349 g/mol. The van der Waals surface area contributed by atoms with Crippen LogP contribution in [0, 0.1) is 0 Å². The van der Waals surface area contributed by atoms with E-state index in [0.717, 1.165) is 0 Å². The van der Waals surface area contributed by atoms with Gasteiger partial charge >= 0.3 is 0 Å². The van der Waals surface area contributed by atoms with Crippen LogP contribution >= 0.6 is 0 Å². The quantitative estimate of drug-likeness (QED) is 0.801. The molecule has 0 spiro atoms. The smallest absolute Gasteiger partial charge is 0.272 e. The molecule has 2 aromatic rings. The normalized spacial score (nSPS) is 16.9. The fourth-order valence-electron chi connectivity index (χ4n) is 2.58. The number of hydrogen-bond acceptors (Lipinski definition) is 5. The summed E-state index contributed by atoms with van der Waals surface area (Å²) < 4.78 is 35.4. The maximum atomic E-state index is 12.7. The van der Waals surface area contributed by atoms with Crippen molar-refractivity contribution in [1.82, 2.24) is 14.9 Å². The molecular weight excluding hydrogens is 332 g/mol. The largest absolute Gasteiger partial charge is 0.472 e. The highest BCUT2D eigenvalue weighted by Gasteiger charge is 2.30. The second kappa shape index (κ2) is 7.87. The van der Waals surface area contributed by atoms with Crippen LogP contribution in [0.15, 0.2) is 42.7 Å². The molecule has 1 aliphatic rings. The molecule has 2 aromatic heterocycles. The Hall–Kier alpha value is -2.77. The van der Waals surface area contributed by atoms with Crippen LogP contribution in [0.4, 0.5) is 8.78 Å². The lowest BCUT2D eigenvalue weighted by Crippen LogP contribution is -2.31. The zero-order chi connectivity index (χ0) is 17.6. The van der Waals surface area contributed by atoms with E-state index in [1.54, 1.807) is 29.3 Å². The van der Waals surface area contributed by atoms with Crippen molar-refractivity contribution >= 4 is 5.91 Å². The second-order valence-electron chi connectivity index (χ2n) is 5.51. The topological polar surface area (TPSA) is 64.5 Å². The Morgan fingerprint density at radius 2 is 2.08 bits per heavy atom. The van der Waals surface area contributed by atoms with Crippen LogP contribution in [0.1, 0.15) is 16.8 Å². The molecule has 1 amide bonds. The van der Waals surface area contributed by atoms with Crippen LogP contribution in [-0.4, -0.2) is 53.0 Å². The van der Waals surface area contributed by atoms with E-state index < -0.39 is 13.0 Å². The first-order valence-electron chi connectivity index (χ1n) is 7.86. The predicted molar refractivity (Wildman–Crippen MR) is 84.9 cm³/mol. The predicted octanol–water partition coefficient (Wildman–Crippen LogP) is 2.41. The number of halogens is 2. The van der Waals surface area contributed by atoms with Gasteiger partial charge in [-0.25, -0.2) is 18.7 Å². The summed E-state index contributed by atoms with van der Waals surface area (Å²) in [5.74, 6) is 0.107. The summed E-state index contributed by atoms with van der Waals surface area (Å²) in [6.45, 7) is 0.0841. The molecule has 1 atom stereocenters. The number of ether oxygens (including phenoxy) is 2. The van der Waals surface area contributed by atoms with E-state index in [-0.39, 0.29) is 23.5 Å². The number of pyridine rings is 2. The second-order valence-corrected chi connectivity index (χ2v) is 5.51. The van der Waals surface area contributed by atoms with Crippen LogP contribution in [-0.2, 0) is 0 Å². The number of nitrogens with zero attached hydrogens (tertiary/aromatic N) is 3. The Morgan fingerprint density at radius 3 is 2.84 bits per heavy atom. The molecule has 1 fully saturated rings. The van der Waals surface area contributed by atoms with Crippen molar-refractivity contribution in [3.8, 4) is 11.8 Å². The van der Waals surface area contributed by atoms with Gasteiger partial charge in [-0.1, -0.05) is 6.07 Å². The Labute approximate surface area is 143 Å². The van der Waals surface area contributed by atoms with Crippen LogP contribution in [0.3, 0.4) is 0 Å². The van der Waals surface area contributed by atoms with Gasteiger partial charge in [0.1, 0.15) is 11.7 Å². The lowest BCUT2D eigenvalue weighted by Gasteiger charge is -2.18. The Kier molecular flexibility index (Phi) is 5.37. The Bertz CT molecular complexity index is 715. The highest BCUT2D eigenvalue weighted by molar-refractivity contribution is 5.96. The molecule has 1 aliphatic heterocycles. The van der Waals surface area contributed by atoms with E-state index in [1.165, 1.54) is 12.3 Å². The molecule has 0 N–H and O–H groups in total. The summed E-state index contributed by atoms with van der Waals surface area (Å²) in [6.07, 6.45) is 0.897. The number of likely N-dealkylation sites (tertiary alicyclic amines) is 1. The van der Waals surface area contributed by atoms with Gasteiger partial charge in [0, 0.05) is 31.4 Å². The van der Waals surface area contributed by atoms with Gasteiger partial charge in [-0.3, -0.25) is 4.79 Å². The standard InChI is InChI=1S/C17H17F2N3O3/c18-14(19)11-24-16-13(4-3-8-21-16)17(23)22-9-6-12(10-22)25-15-5-1-2-7-20-15/h1-5,7-8,12,14H,6,9-11H2.